The smallest absolute Gasteiger partial charge is 0.229 e. The number of halogens is 1. The van der Waals surface area contributed by atoms with Gasteiger partial charge in [0.2, 0.25) is 5.88 Å². The molecule has 0 amide bonds. The molecule has 1 aromatic heterocycles. The van der Waals surface area contributed by atoms with E-state index in [9.17, 15) is 4.39 Å². The summed E-state index contributed by atoms with van der Waals surface area (Å²) in [6.07, 6.45) is 1.50. The van der Waals surface area contributed by atoms with Gasteiger partial charge in [0.15, 0.2) is 0 Å². The molecule has 0 radical (unpaired) electrons. The van der Waals surface area contributed by atoms with Gasteiger partial charge in [0.1, 0.15) is 12.4 Å². The molecule has 2 rings (SSSR count). The molecule has 0 saturated heterocycles. The van der Waals surface area contributed by atoms with Gasteiger partial charge in [-0.2, -0.15) is 0 Å². The Morgan fingerprint density at radius 2 is 2.31 bits per heavy atom. The highest BCUT2D eigenvalue weighted by molar-refractivity contribution is 5.73. The van der Waals surface area contributed by atoms with Crippen LogP contribution in [0.4, 0.5) is 10.3 Å². The van der Waals surface area contributed by atoms with Crippen molar-refractivity contribution < 1.29 is 13.7 Å². The maximum absolute atomic E-state index is 12.7. The fraction of sp³-hybridized carbons (Fsp3) is 0.182. The fourth-order valence-electron chi connectivity index (χ4n) is 1.52. The van der Waals surface area contributed by atoms with E-state index in [1.807, 2.05) is 0 Å². The van der Waals surface area contributed by atoms with E-state index in [1.54, 1.807) is 18.2 Å². The number of methoxy groups -OCH3 is 1. The number of aromatic nitrogens is 1. The van der Waals surface area contributed by atoms with Gasteiger partial charge >= 0.3 is 0 Å². The molecule has 0 aliphatic rings. The molecule has 0 atom stereocenters. The fourth-order valence-corrected chi connectivity index (χ4v) is 1.52. The van der Waals surface area contributed by atoms with Crippen LogP contribution in [0, 0.1) is 0 Å². The van der Waals surface area contributed by atoms with Crippen LogP contribution < -0.4 is 10.5 Å². The maximum atomic E-state index is 12.7. The molecule has 0 aliphatic carbocycles. The van der Waals surface area contributed by atoms with Crippen LogP contribution in [0.1, 0.15) is 5.56 Å². The number of ether oxygens (including phenoxy) is 1. The van der Waals surface area contributed by atoms with Gasteiger partial charge in [0.05, 0.1) is 18.9 Å². The molecule has 0 fully saturated rings. The third-order valence-corrected chi connectivity index (χ3v) is 2.33. The number of alkyl halides is 1. The van der Waals surface area contributed by atoms with Crippen LogP contribution in [0.3, 0.4) is 0 Å². The number of rotatable bonds is 3. The third-order valence-electron chi connectivity index (χ3n) is 2.33. The Hall–Kier alpha value is -2.04. The molecule has 0 bridgehead atoms. The van der Waals surface area contributed by atoms with Crippen LogP contribution in [-0.4, -0.2) is 12.3 Å². The molecule has 4 nitrogen and oxygen atoms in total. The van der Waals surface area contributed by atoms with Gasteiger partial charge in [0.25, 0.3) is 0 Å². The topological polar surface area (TPSA) is 61.3 Å². The van der Waals surface area contributed by atoms with Crippen molar-refractivity contribution in [3.63, 3.8) is 0 Å². The normalized spacial score (nSPS) is 10.4. The Balaban J connectivity index is 2.48. The zero-order chi connectivity index (χ0) is 11.5. The number of nitrogen functional groups attached to an aromatic ring is 1. The molecule has 5 heteroatoms. The highest BCUT2D eigenvalue weighted by Gasteiger charge is 2.10. The monoisotopic (exact) mass is 222 g/mol. The predicted molar refractivity (Wildman–Crippen MR) is 57.7 cm³/mol. The van der Waals surface area contributed by atoms with E-state index in [1.165, 1.54) is 13.3 Å². The van der Waals surface area contributed by atoms with Gasteiger partial charge in [-0.1, -0.05) is 11.2 Å². The highest BCUT2D eigenvalue weighted by Crippen LogP contribution is 2.30. The largest absolute Gasteiger partial charge is 0.496 e. The van der Waals surface area contributed by atoms with Gasteiger partial charge < -0.3 is 15.0 Å². The molecule has 2 aromatic rings. The van der Waals surface area contributed by atoms with E-state index >= 15 is 0 Å². The molecular formula is C11H11FN2O2. The lowest BCUT2D eigenvalue weighted by molar-refractivity contribution is 0.394. The Morgan fingerprint density at radius 1 is 1.50 bits per heavy atom. The molecular weight excluding hydrogens is 211 g/mol. The van der Waals surface area contributed by atoms with Gasteiger partial charge in [-0.25, -0.2) is 4.39 Å². The van der Waals surface area contributed by atoms with Crippen molar-refractivity contribution in [2.45, 2.75) is 6.67 Å². The molecule has 0 aliphatic heterocycles. The van der Waals surface area contributed by atoms with Gasteiger partial charge in [-0.15, -0.1) is 0 Å². The van der Waals surface area contributed by atoms with E-state index in [0.717, 1.165) is 5.56 Å². The number of nitrogens with two attached hydrogens (primary N) is 1. The van der Waals surface area contributed by atoms with E-state index in [4.69, 9.17) is 15.0 Å². The minimum Gasteiger partial charge on any atom is -0.496 e. The summed E-state index contributed by atoms with van der Waals surface area (Å²) in [4.78, 5) is 0. The first kappa shape index (κ1) is 10.5. The molecule has 1 aromatic carbocycles. The average molecular weight is 222 g/mol. The lowest BCUT2D eigenvalue weighted by Gasteiger charge is -2.07. The van der Waals surface area contributed by atoms with Crippen molar-refractivity contribution >= 4 is 5.88 Å². The standard InChI is InChI=1S/C11H11FN2O2/c1-15-10-3-2-7(4-8(10)5-12)9-6-14-16-11(9)13/h2-4,6H,5,13H2,1H3. The zero-order valence-electron chi connectivity index (χ0n) is 8.74. The summed E-state index contributed by atoms with van der Waals surface area (Å²) in [5.74, 6) is 0.733. The van der Waals surface area contributed by atoms with E-state index in [-0.39, 0.29) is 5.88 Å². The average Bonchev–Trinajstić information content (AvgIpc) is 2.74. The van der Waals surface area contributed by atoms with Crippen molar-refractivity contribution in [3.05, 3.63) is 30.0 Å². The minimum absolute atomic E-state index is 0.218. The lowest BCUT2D eigenvalue weighted by atomic mass is 10.1. The number of nitrogens with zero attached hydrogens (tertiary/aromatic N) is 1. The van der Waals surface area contributed by atoms with Crippen LogP contribution in [0.5, 0.6) is 5.75 Å². The Morgan fingerprint density at radius 3 is 2.88 bits per heavy atom. The van der Waals surface area contributed by atoms with E-state index in [0.29, 0.717) is 16.9 Å². The van der Waals surface area contributed by atoms with Gasteiger partial charge in [-0.3, -0.25) is 0 Å². The Bertz CT molecular complexity index is 496. The Kier molecular flexibility index (Phi) is 2.76. The zero-order valence-corrected chi connectivity index (χ0v) is 8.74. The van der Waals surface area contributed by atoms with Crippen molar-refractivity contribution in [2.24, 2.45) is 0 Å². The summed E-state index contributed by atoms with van der Waals surface area (Å²) in [5, 5.41) is 3.57. The summed E-state index contributed by atoms with van der Waals surface area (Å²) >= 11 is 0. The maximum Gasteiger partial charge on any atom is 0.229 e. The molecule has 1 heterocycles. The highest BCUT2D eigenvalue weighted by atomic mass is 19.1. The first-order valence-electron chi connectivity index (χ1n) is 4.69. The van der Waals surface area contributed by atoms with Crippen molar-refractivity contribution in [2.75, 3.05) is 12.8 Å². The third kappa shape index (κ3) is 1.71. The molecule has 0 saturated carbocycles. The van der Waals surface area contributed by atoms with Crippen LogP contribution >= 0.6 is 0 Å². The van der Waals surface area contributed by atoms with Gasteiger partial charge in [0, 0.05) is 5.56 Å². The quantitative estimate of drug-likeness (QED) is 0.866. The second kappa shape index (κ2) is 4.22. The SMILES string of the molecule is COc1ccc(-c2cnoc2N)cc1CF. The van der Waals surface area contributed by atoms with Gasteiger partial charge in [-0.05, 0) is 17.7 Å². The van der Waals surface area contributed by atoms with Crippen molar-refractivity contribution in [1.82, 2.24) is 5.16 Å². The summed E-state index contributed by atoms with van der Waals surface area (Å²) in [6, 6.07) is 5.14. The van der Waals surface area contributed by atoms with Crippen LogP contribution in [0.25, 0.3) is 11.1 Å². The summed E-state index contributed by atoms with van der Waals surface area (Å²) in [6.45, 7) is -0.595. The summed E-state index contributed by atoms with van der Waals surface area (Å²) < 4.78 is 22.5. The first-order valence-corrected chi connectivity index (χ1v) is 4.69. The van der Waals surface area contributed by atoms with E-state index < -0.39 is 6.67 Å². The Labute approximate surface area is 91.8 Å². The van der Waals surface area contributed by atoms with Crippen molar-refractivity contribution in [3.8, 4) is 16.9 Å². The van der Waals surface area contributed by atoms with E-state index in [2.05, 4.69) is 5.16 Å². The summed E-state index contributed by atoms with van der Waals surface area (Å²) in [7, 11) is 1.50. The number of anilines is 1. The van der Waals surface area contributed by atoms with Crippen LogP contribution in [-0.2, 0) is 6.67 Å². The lowest BCUT2D eigenvalue weighted by Crippen LogP contribution is -1.91. The minimum atomic E-state index is -0.595. The number of hydrogen-bond acceptors (Lipinski definition) is 4. The second-order valence-electron chi connectivity index (χ2n) is 3.26. The molecule has 0 spiro atoms. The number of benzene rings is 1. The van der Waals surface area contributed by atoms with Crippen LogP contribution in [0.15, 0.2) is 28.9 Å². The molecule has 0 unspecified atom stereocenters. The molecule has 16 heavy (non-hydrogen) atoms. The molecule has 2 N–H and O–H groups in total. The summed E-state index contributed by atoms with van der Waals surface area (Å²) in [5.41, 5.74) is 7.46. The second-order valence-corrected chi connectivity index (χ2v) is 3.26. The molecule has 84 valence electrons. The first-order chi connectivity index (χ1) is 7.76. The predicted octanol–water partition coefficient (Wildman–Crippen LogP) is 2.40. The van der Waals surface area contributed by atoms with Crippen LogP contribution in [0.2, 0.25) is 0 Å². The van der Waals surface area contributed by atoms with Crippen molar-refractivity contribution in [1.29, 1.82) is 0 Å². The number of hydrogen-bond donors (Lipinski definition) is 1.